The van der Waals surface area contributed by atoms with E-state index in [4.69, 9.17) is 5.84 Å². The molecule has 1 aromatic carbocycles. The minimum absolute atomic E-state index is 0.0734. The summed E-state index contributed by atoms with van der Waals surface area (Å²) in [5, 5.41) is 0. The van der Waals surface area contributed by atoms with E-state index >= 15 is 0 Å². The molecule has 1 atom stereocenters. The summed E-state index contributed by atoms with van der Waals surface area (Å²) in [5.41, 5.74) is 9.05. The van der Waals surface area contributed by atoms with E-state index < -0.39 is 0 Å². The third-order valence-corrected chi connectivity index (χ3v) is 3.56. The smallest absolute Gasteiger partial charge is 0.146 e. The van der Waals surface area contributed by atoms with Crippen molar-refractivity contribution in [1.82, 2.24) is 15.4 Å². The van der Waals surface area contributed by atoms with Crippen LogP contribution in [0.2, 0.25) is 0 Å². The fourth-order valence-corrected chi connectivity index (χ4v) is 2.54. The van der Waals surface area contributed by atoms with E-state index in [1.807, 2.05) is 19.3 Å². The van der Waals surface area contributed by atoms with Gasteiger partial charge in [-0.3, -0.25) is 5.84 Å². The Hall–Kier alpha value is -1.78. The van der Waals surface area contributed by atoms with Crippen LogP contribution in [0.3, 0.4) is 0 Å². The highest BCUT2D eigenvalue weighted by Crippen LogP contribution is 2.22. The third-order valence-electron chi connectivity index (χ3n) is 3.56. The second-order valence-electron chi connectivity index (χ2n) is 5.42. The average Bonchev–Trinajstić information content (AvgIpc) is 2.39. The number of benzene rings is 1. The molecule has 0 saturated heterocycles. The largest absolute Gasteiger partial charge is 0.271 e. The van der Waals surface area contributed by atoms with E-state index in [1.54, 1.807) is 0 Å². The Kier molecular flexibility index (Phi) is 4.47. The van der Waals surface area contributed by atoms with Crippen molar-refractivity contribution in [3.05, 3.63) is 58.2 Å². The van der Waals surface area contributed by atoms with Crippen LogP contribution in [0.4, 0.5) is 0 Å². The summed E-state index contributed by atoms with van der Waals surface area (Å²) < 4.78 is 0. The van der Waals surface area contributed by atoms with E-state index in [2.05, 4.69) is 48.3 Å². The molecule has 0 spiro atoms. The maximum atomic E-state index is 5.69. The van der Waals surface area contributed by atoms with Crippen molar-refractivity contribution in [2.75, 3.05) is 0 Å². The number of aromatic nitrogens is 2. The summed E-state index contributed by atoms with van der Waals surface area (Å²) in [5.74, 6) is 6.42. The molecule has 4 nitrogen and oxygen atoms in total. The lowest BCUT2D eigenvalue weighted by Crippen LogP contribution is -2.31. The Labute approximate surface area is 120 Å². The van der Waals surface area contributed by atoms with Gasteiger partial charge in [0, 0.05) is 12.4 Å². The Morgan fingerprint density at radius 1 is 1.00 bits per heavy atom. The lowest BCUT2D eigenvalue weighted by atomic mass is 9.94. The average molecular weight is 270 g/mol. The molecule has 0 aliphatic rings. The summed E-state index contributed by atoms with van der Waals surface area (Å²) in [6.45, 7) is 8.37. The van der Waals surface area contributed by atoms with Gasteiger partial charge in [-0.2, -0.15) is 0 Å². The van der Waals surface area contributed by atoms with E-state index in [0.29, 0.717) is 0 Å². The molecule has 0 aliphatic carbocycles. The van der Waals surface area contributed by atoms with Crippen LogP contribution in [0.5, 0.6) is 0 Å². The van der Waals surface area contributed by atoms with Crippen LogP contribution in [-0.2, 0) is 6.42 Å². The lowest BCUT2D eigenvalue weighted by molar-refractivity contribution is 0.520. The first-order valence-electron chi connectivity index (χ1n) is 6.82. The maximum absolute atomic E-state index is 5.69. The van der Waals surface area contributed by atoms with E-state index in [1.165, 1.54) is 22.3 Å². The Bertz CT molecular complexity index is 567. The van der Waals surface area contributed by atoms with Gasteiger partial charge in [0.15, 0.2) is 0 Å². The summed E-state index contributed by atoms with van der Waals surface area (Å²) in [4.78, 5) is 8.74. The minimum Gasteiger partial charge on any atom is -0.271 e. The molecule has 1 unspecified atom stereocenters. The maximum Gasteiger partial charge on any atom is 0.146 e. The summed E-state index contributed by atoms with van der Waals surface area (Å²) >= 11 is 0. The molecule has 20 heavy (non-hydrogen) atoms. The van der Waals surface area contributed by atoms with Gasteiger partial charge in [0.2, 0.25) is 0 Å². The van der Waals surface area contributed by atoms with Crippen LogP contribution in [0.25, 0.3) is 0 Å². The van der Waals surface area contributed by atoms with Crippen molar-refractivity contribution in [3.63, 3.8) is 0 Å². The van der Waals surface area contributed by atoms with Crippen molar-refractivity contribution in [2.45, 2.75) is 40.2 Å². The summed E-state index contributed by atoms with van der Waals surface area (Å²) in [6.07, 6.45) is 4.43. The van der Waals surface area contributed by atoms with Gasteiger partial charge in [0.25, 0.3) is 0 Å². The molecule has 1 heterocycles. The monoisotopic (exact) mass is 270 g/mol. The van der Waals surface area contributed by atoms with E-state index in [0.717, 1.165) is 17.8 Å². The highest BCUT2D eigenvalue weighted by molar-refractivity contribution is 5.38. The molecule has 2 rings (SSSR count). The van der Waals surface area contributed by atoms with Gasteiger partial charge in [0.1, 0.15) is 5.82 Å². The first-order chi connectivity index (χ1) is 9.51. The normalized spacial score (nSPS) is 12.4. The molecule has 0 bridgehead atoms. The molecule has 0 amide bonds. The third kappa shape index (κ3) is 3.21. The predicted octanol–water partition coefficient (Wildman–Crippen LogP) is 2.46. The Morgan fingerprint density at radius 2 is 1.55 bits per heavy atom. The van der Waals surface area contributed by atoms with Crippen molar-refractivity contribution < 1.29 is 0 Å². The molecule has 0 saturated carbocycles. The fraction of sp³-hybridized carbons (Fsp3) is 0.375. The quantitative estimate of drug-likeness (QED) is 0.661. The number of hydrogen-bond donors (Lipinski definition) is 2. The molecular weight excluding hydrogens is 248 g/mol. The number of nitrogens with two attached hydrogens (primary N) is 1. The number of nitrogens with zero attached hydrogens (tertiary/aromatic N) is 2. The fourth-order valence-electron chi connectivity index (χ4n) is 2.54. The standard InChI is InChI=1S/C16H22N4/c1-10-5-12(3)14(13(4)6-10)7-15(20-17)16-18-8-11(2)9-19-16/h5-6,8-9,15,20H,7,17H2,1-4H3. The number of hydrogen-bond acceptors (Lipinski definition) is 4. The zero-order chi connectivity index (χ0) is 14.7. The number of aryl methyl sites for hydroxylation is 4. The zero-order valence-electron chi connectivity index (χ0n) is 12.6. The molecule has 0 radical (unpaired) electrons. The van der Waals surface area contributed by atoms with Crippen LogP contribution in [-0.4, -0.2) is 9.97 Å². The number of hydrazine groups is 1. The minimum atomic E-state index is -0.0734. The Morgan fingerprint density at radius 3 is 2.05 bits per heavy atom. The number of rotatable bonds is 4. The van der Waals surface area contributed by atoms with Crippen molar-refractivity contribution in [3.8, 4) is 0 Å². The highest BCUT2D eigenvalue weighted by atomic mass is 15.2. The lowest BCUT2D eigenvalue weighted by Gasteiger charge is -2.18. The molecule has 3 N–H and O–H groups in total. The van der Waals surface area contributed by atoms with E-state index in [-0.39, 0.29) is 6.04 Å². The summed E-state index contributed by atoms with van der Waals surface area (Å²) in [6, 6.07) is 4.33. The van der Waals surface area contributed by atoms with Gasteiger partial charge >= 0.3 is 0 Å². The van der Waals surface area contributed by atoms with Gasteiger partial charge in [-0.25, -0.2) is 15.4 Å². The molecular formula is C16H22N4. The number of nitrogens with one attached hydrogen (secondary N) is 1. The molecule has 4 heteroatoms. The molecule has 106 valence electrons. The molecule has 0 aliphatic heterocycles. The second-order valence-corrected chi connectivity index (χ2v) is 5.42. The zero-order valence-corrected chi connectivity index (χ0v) is 12.6. The van der Waals surface area contributed by atoms with Crippen molar-refractivity contribution >= 4 is 0 Å². The second kappa shape index (κ2) is 6.11. The first kappa shape index (κ1) is 14.6. The molecule has 1 aromatic heterocycles. The predicted molar refractivity (Wildman–Crippen MR) is 81.2 cm³/mol. The Balaban J connectivity index is 2.29. The van der Waals surface area contributed by atoms with Gasteiger partial charge in [-0.1, -0.05) is 17.7 Å². The van der Waals surface area contributed by atoms with Crippen molar-refractivity contribution in [1.29, 1.82) is 0 Å². The van der Waals surface area contributed by atoms with Crippen LogP contribution >= 0.6 is 0 Å². The van der Waals surface area contributed by atoms with Gasteiger partial charge in [-0.05, 0) is 56.4 Å². The topological polar surface area (TPSA) is 63.8 Å². The van der Waals surface area contributed by atoms with Gasteiger partial charge in [0.05, 0.1) is 6.04 Å². The van der Waals surface area contributed by atoms with Crippen LogP contribution in [0, 0.1) is 27.7 Å². The highest BCUT2D eigenvalue weighted by Gasteiger charge is 2.16. The first-order valence-corrected chi connectivity index (χ1v) is 6.82. The SMILES string of the molecule is Cc1cnc(C(Cc2c(C)cc(C)cc2C)NN)nc1. The molecule has 0 fully saturated rings. The van der Waals surface area contributed by atoms with Crippen LogP contribution in [0.1, 0.15) is 39.7 Å². The van der Waals surface area contributed by atoms with Crippen LogP contribution < -0.4 is 11.3 Å². The van der Waals surface area contributed by atoms with Crippen molar-refractivity contribution in [2.24, 2.45) is 5.84 Å². The molecule has 2 aromatic rings. The van der Waals surface area contributed by atoms with Gasteiger partial charge < -0.3 is 0 Å². The van der Waals surface area contributed by atoms with Gasteiger partial charge in [-0.15, -0.1) is 0 Å². The van der Waals surface area contributed by atoms with E-state index in [9.17, 15) is 0 Å². The van der Waals surface area contributed by atoms with Crippen LogP contribution in [0.15, 0.2) is 24.5 Å². The summed E-state index contributed by atoms with van der Waals surface area (Å²) in [7, 11) is 0.